The van der Waals surface area contributed by atoms with Crippen molar-refractivity contribution in [1.82, 2.24) is 10.6 Å². The summed E-state index contributed by atoms with van der Waals surface area (Å²) >= 11 is 0. The molecule has 0 spiro atoms. The van der Waals surface area contributed by atoms with E-state index in [1.54, 1.807) is 0 Å². The SMILES string of the molecule is C#CCCNC(=O)NCC(O)C(=O)O. The fourth-order valence-electron chi connectivity index (χ4n) is 0.587. The van der Waals surface area contributed by atoms with Gasteiger partial charge in [-0.05, 0) is 0 Å². The van der Waals surface area contributed by atoms with Crippen LogP contribution in [0.4, 0.5) is 4.79 Å². The van der Waals surface area contributed by atoms with Gasteiger partial charge in [-0.15, -0.1) is 12.3 Å². The van der Waals surface area contributed by atoms with Crippen molar-refractivity contribution in [2.24, 2.45) is 0 Å². The molecule has 0 aromatic heterocycles. The number of terminal acetylenes is 1. The smallest absolute Gasteiger partial charge is 0.334 e. The van der Waals surface area contributed by atoms with E-state index in [2.05, 4.69) is 16.6 Å². The number of hydrogen-bond acceptors (Lipinski definition) is 3. The highest BCUT2D eigenvalue weighted by Gasteiger charge is 2.13. The topological polar surface area (TPSA) is 98.7 Å². The molecule has 78 valence electrons. The third-order valence-electron chi connectivity index (χ3n) is 1.30. The molecule has 0 aliphatic rings. The number of aliphatic hydroxyl groups excluding tert-OH is 1. The highest BCUT2D eigenvalue weighted by molar-refractivity contribution is 5.76. The fourth-order valence-corrected chi connectivity index (χ4v) is 0.587. The Morgan fingerprint density at radius 2 is 2.07 bits per heavy atom. The Morgan fingerprint density at radius 1 is 1.43 bits per heavy atom. The summed E-state index contributed by atoms with van der Waals surface area (Å²) in [6.45, 7) is -0.0251. The number of carboxylic acids is 1. The quantitative estimate of drug-likeness (QED) is 0.329. The third kappa shape index (κ3) is 5.85. The van der Waals surface area contributed by atoms with Gasteiger partial charge in [0, 0.05) is 13.0 Å². The van der Waals surface area contributed by atoms with Crippen molar-refractivity contribution >= 4 is 12.0 Å². The van der Waals surface area contributed by atoms with Crippen molar-refractivity contribution in [3.05, 3.63) is 0 Å². The zero-order chi connectivity index (χ0) is 11.0. The lowest BCUT2D eigenvalue weighted by Gasteiger charge is -2.08. The van der Waals surface area contributed by atoms with Crippen LogP contribution in [0.3, 0.4) is 0 Å². The van der Waals surface area contributed by atoms with Crippen LogP contribution in [0.1, 0.15) is 6.42 Å². The monoisotopic (exact) mass is 200 g/mol. The average Bonchev–Trinajstić information content (AvgIpc) is 2.14. The van der Waals surface area contributed by atoms with Crippen LogP contribution in [0.2, 0.25) is 0 Å². The van der Waals surface area contributed by atoms with Gasteiger partial charge in [0.25, 0.3) is 0 Å². The standard InChI is InChI=1S/C8H12N2O4/c1-2-3-4-9-8(14)10-5-6(11)7(12)13/h1,6,11H,3-5H2,(H,12,13)(H2,9,10,14). The summed E-state index contributed by atoms with van der Waals surface area (Å²) in [6.07, 6.45) is 3.75. The van der Waals surface area contributed by atoms with E-state index >= 15 is 0 Å². The van der Waals surface area contributed by atoms with Gasteiger partial charge in [-0.1, -0.05) is 0 Å². The van der Waals surface area contributed by atoms with Crippen LogP contribution in [0, 0.1) is 12.3 Å². The van der Waals surface area contributed by atoms with Gasteiger partial charge < -0.3 is 20.8 Å². The van der Waals surface area contributed by atoms with Crippen LogP contribution in [0.5, 0.6) is 0 Å². The van der Waals surface area contributed by atoms with Crippen LogP contribution < -0.4 is 10.6 Å². The molecule has 0 fully saturated rings. The highest BCUT2D eigenvalue weighted by atomic mass is 16.4. The van der Waals surface area contributed by atoms with Gasteiger partial charge in [0.05, 0.1) is 6.54 Å². The molecule has 14 heavy (non-hydrogen) atoms. The second-order valence-corrected chi connectivity index (χ2v) is 2.44. The molecule has 0 aliphatic carbocycles. The molecule has 6 nitrogen and oxygen atoms in total. The van der Waals surface area contributed by atoms with Crippen LogP contribution in [-0.2, 0) is 4.79 Å². The second-order valence-electron chi connectivity index (χ2n) is 2.44. The first-order valence-corrected chi connectivity index (χ1v) is 3.94. The van der Waals surface area contributed by atoms with Crippen molar-refractivity contribution in [3.8, 4) is 12.3 Å². The molecular weight excluding hydrogens is 188 g/mol. The van der Waals surface area contributed by atoms with Crippen molar-refractivity contribution in [2.75, 3.05) is 13.1 Å². The van der Waals surface area contributed by atoms with E-state index in [9.17, 15) is 9.59 Å². The molecule has 0 saturated heterocycles. The molecule has 0 saturated carbocycles. The molecule has 0 bridgehead atoms. The Hall–Kier alpha value is -1.74. The Labute approximate surface area is 81.3 Å². The van der Waals surface area contributed by atoms with Crippen LogP contribution in [-0.4, -0.2) is 41.4 Å². The maximum Gasteiger partial charge on any atom is 0.334 e. The number of aliphatic hydroxyl groups is 1. The van der Waals surface area contributed by atoms with E-state index < -0.39 is 18.1 Å². The predicted molar refractivity (Wildman–Crippen MR) is 48.5 cm³/mol. The second kappa shape index (κ2) is 6.74. The van der Waals surface area contributed by atoms with Crippen LogP contribution in [0.25, 0.3) is 0 Å². The molecule has 6 heteroatoms. The van der Waals surface area contributed by atoms with E-state index in [0.29, 0.717) is 13.0 Å². The number of carbonyl (C=O) groups excluding carboxylic acids is 1. The molecule has 0 rings (SSSR count). The lowest BCUT2D eigenvalue weighted by molar-refractivity contribution is -0.146. The number of hydrogen-bond donors (Lipinski definition) is 4. The lowest BCUT2D eigenvalue weighted by Crippen LogP contribution is -2.42. The van der Waals surface area contributed by atoms with Gasteiger partial charge in [0.2, 0.25) is 0 Å². The van der Waals surface area contributed by atoms with E-state index in [4.69, 9.17) is 16.6 Å². The summed E-state index contributed by atoms with van der Waals surface area (Å²) in [7, 11) is 0. The minimum Gasteiger partial charge on any atom is -0.479 e. The summed E-state index contributed by atoms with van der Waals surface area (Å²) in [5.41, 5.74) is 0. The third-order valence-corrected chi connectivity index (χ3v) is 1.30. The Morgan fingerprint density at radius 3 is 2.57 bits per heavy atom. The van der Waals surface area contributed by atoms with Gasteiger partial charge in [-0.25, -0.2) is 9.59 Å². The maximum absolute atomic E-state index is 10.9. The predicted octanol–water partition coefficient (Wildman–Crippen LogP) is -1.25. The Balaban J connectivity index is 3.54. The zero-order valence-electron chi connectivity index (χ0n) is 7.49. The molecule has 0 radical (unpaired) electrons. The minimum absolute atomic E-state index is 0.311. The molecule has 1 atom stereocenters. The fraction of sp³-hybridized carbons (Fsp3) is 0.500. The summed E-state index contributed by atoms with van der Waals surface area (Å²) in [6, 6.07) is -0.555. The highest BCUT2D eigenvalue weighted by Crippen LogP contribution is 1.79. The molecule has 4 N–H and O–H groups in total. The van der Waals surface area contributed by atoms with Gasteiger partial charge in [0.1, 0.15) is 0 Å². The first kappa shape index (κ1) is 12.3. The molecule has 1 unspecified atom stereocenters. The van der Waals surface area contributed by atoms with E-state index in [-0.39, 0.29) is 6.54 Å². The van der Waals surface area contributed by atoms with Gasteiger partial charge in [0.15, 0.2) is 6.10 Å². The number of rotatable bonds is 5. The van der Waals surface area contributed by atoms with E-state index in [0.717, 1.165) is 0 Å². The van der Waals surface area contributed by atoms with Crippen molar-refractivity contribution < 1.29 is 19.8 Å². The first-order valence-electron chi connectivity index (χ1n) is 3.94. The Kier molecular flexibility index (Phi) is 5.90. The molecule has 0 heterocycles. The number of urea groups is 1. The van der Waals surface area contributed by atoms with Crippen LogP contribution >= 0.6 is 0 Å². The van der Waals surface area contributed by atoms with Crippen molar-refractivity contribution in [2.45, 2.75) is 12.5 Å². The largest absolute Gasteiger partial charge is 0.479 e. The van der Waals surface area contributed by atoms with Gasteiger partial charge in [-0.2, -0.15) is 0 Å². The Bertz CT molecular complexity index is 246. The lowest BCUT2D eigenvalue weighted by atomic mass is 10.3. The van der Waals surface area contributed by atoms with Crippen molar-refractivity contribution in [1.29, 1.82) is 0 Å². The summed E-state index contributed by atoms with van der Waals surface area (Å²) in [5, 5.41) is 21.6. The number of carboxylic acid groups (broad SMARTS) is 1. The van der Waals surface area contributed by atoms with Gasteiger partial charge in [-0.3, -0.25) is 0 Å². The van der Waals surface area contributed by atoms with Gasteiger partial charge >= 0.3 is 12.0 Å². The molecule has 0 aliphatic heterocycles. The molecular formula is C8H12N2O4. The normalized spacial score (nSPS) is 11.1. The van der Waals surface area contributed by atoms with Crippen molar-refractivity contribution in [3.63, 3.8) is 0 Å². The number of amides is 2. The molecule has 0 aromatic carbocycles. The first-order chi connectivity index (χ1) is 6.57. The summed E-state index contributed by atoms with van der Waals surface area (Å²) in [4.78, 5) is 21.0. The number of nitrogens with one attached hydrogen (secondary N) is 2. The zero-order valence-corrected chi connectivity index (χ0v) is 7.49. The van der Waals surface area contributed by atoms with Crippen LogP contribution in [0.15, 0.2) is 0 Å². The molecule has 2 amide bonds. The summed E-state index contributed by atoms with van der Waals surface area (Å²) in [5.74, 6) is 0.940. The number of aliphatic carboxylic acids is 1. The summed E-state index contributed by atoms with van der Waals surface area (Å²) < 4.78 is 0. The van der Waals surface area contributed by atoms with E-state index in [1.165, 1.54) is 0 Å². The van der Waals surface area contributed by atoms with E-state index in [1.807, 2.05) is 0 Å². The maximum atomic E-state index is 10.9. The minimum atomic E-state index is -1.59. The number of carbonyl (C=O) groups is 2. The average molecular weight is 200 g/mol. The molecule has 0 aromatic rings.